The Balaban J connectivity index is 2.53. The van der Waals surface area contributed by atoms with Crippen LogP contribution in [0.3, 0.4) is 0 Å². The van der Waals surface area contributed by atoms with Crippen molar-refractivity contribution in [1.82, 2.24) is 0 Å². The first-order valence-electron chi connectivity index (χ1n) is 4.26. The van der Waals surface area contributed by atoms with Gasteiger partial charge in [-0.15, -0.1) is 0 Å². The number of hydrogen-bond acceptors (Lipinski definition) is 3. The van der Waals surface area contributed by atoms with Gasteiger partial charge in [0.2, 0.25) is 0 Å². The van der Waals surface area contributed by atoms with Gasteiger partial charge < -0.3 is 9.47 Å². The Morgan fingerprint density at radius 3 is 2.83 bits per heavy atom. The van der Waals surface area contributed by atoms with Gasteiger partial charge in [0.15, 0.2) is 5.78 Å². The summed E-state index contributed by atoms with van der Waals surface area (Å²) in [6, 6.07) is 0. The molecule has 0 aliphatic heterocycles. The molecule has 12 heavy (non-hydrogen) atoms. The molecule has 0 aromatic heterocycles. The molecule has 1 aliphatic carbocycles. The minimum Gasteiger partial charge on any atom is -0.495 e. The third kappa shape index (κ3) is 2.08. The Hall–Kier alpha value is -0.830. The molecule has 0 bridgehead atoms. The molecule has 1 rings (SSSR count). The highest BCUT2D eigenvalue weighted by Gasteiger charge is 2.26. The zero-order valence-corrected chi connectivity index (χ0v) is 7.50. The molecule has 0 fully saturated rings. The highest BCUT2D eigenvalue weighted by molar-refractivity contribution is 5.93. The molecule has 0 amide bonds. The molecule has 1 atom stereocenters. The molecule has 0 spiro atoms. The lowest BCUT2D eigenvalue weighted by molar-refractivity contribution is -0.115. The summed E-state index contributed by atoms with van der Waals surface area (Å²) in [5.74, 6) is 0.779. The fraction of sp³-hybridized carbons (Fsp3) is 0.667. The SMILES string of the molecule is CCOC1=CC(=O)CC1OCC. The number of hydrogen-bond donors (Lipinski definition) is 0. The minimum absolute atomic E-state index is 0.0944. The molecule has 0 saturated carbocycles. The summed E-state index contributed by atoms with van der Waals surface area (Å²) in [7, 11) is 0. The van der Waals surface area contributed by atoms with E-state index in [0.29, 0.717) is 25.4 Å². The van der Waals surface area contributed by atoms with E-state index in [0.717, 1.165) is 0 Å². The standard InChI is InChI=1S/C9H14O3/c1-3-11-8-5-7(10)6-9(8)12-4-2/h5,9H,3-4,6H2,1-2H3. The van der Waals surface area contributed by atoms with Gasteiger partial charge in [-0.3, -0.25) is 4.79 Å². The quantitative estimate of drug-likeness (QED) is 0.637. The maximum absolute atomic E-state index is 11.0. The number of ketones is 1. The van der Waals surface area contributed by atoms with Gasteiger partial charge in [0.25, 0.3) is 0 Å². The average molecular weight is 170 g/mol. The van der Waals surface area contributed by atoms with Gasteiger partial charge >= 0.3 is 0 Å². The Bertz CT molecular complexity index is 196. The van der Waals surface area contributed by atoms with Crippen molar-refractivity contribution in [3.63, 3.8) is 0 Å². The van der Waals surface area contributed by atoms with Gasteiger partial charge in [-0.2, -0.15) is 0 Å². The van der Waals surface area contributed by atoms with Crippen LogP contribution in [0.2, 0.25) is 0 Å². The second-order valence-electron chi connectivity index (χ2n) is 2.59. The number of rotatable bonds is 4. The molecule has 0 aromatic rings. The van der Waals surface area contributed by atoms with Crippen molar-refractivity contribution in [2.75, 3.05) is 13.2 Å². The van der Waals surface area contributed by atoms with E-state index in [4.69, 9.17) is 9.47 Å². The topological polar surface area (TPSA) is 35.5 Å². The summed E-state index contributed by atoms with van der Waals surface area (Å²) < 4.78 is 10.6. The van der Waals surface area contributed by atoms with Crippen LogP contribution in [0.15, 0.2) is 11.8 Å². The molecule has 0 aromatic carbocycles. The Morgan fingerprint density at radius 1 is 1.50 bits per heavy atom. The van der Waals surface area contributed by atoms with E-state index in [2.05, 4.69) is 0 Å². The lowest BCUT2D eigenvalue weighted by Gasteiger charge is -2.13. The van der Waals surface area contributed by atoms with Gasteiger partial charge in [0.1, 0.15) is 11.9 Å². The van der Waals surface area contributed by atoms with Crippen molar-refractivity contribution < 1.29 is 14.3 Å². The summed E-state index contributed by atoms with van der Waals surface area (Å²) in [6.45, 7) is 5.00. The summed E-state index contributed by atoms with van der Waals surface area (Å²) in [5, 5.41) is 0. The molecule has 1 aliphatic rings. The Morgan fingerprint density at radius 2 is 2.25 bits per heavy atom. The first-order valence-corrected chi connectivity index (χ1v) is 4.26. The first-order chi connectivity index (χ1) is 5.77. The second kappa shape index (κ2) is 4.26. The van der Waals surface area contributed by atoms with Crippen LogP contribution < -0.4 is 0 Å². The first kappa shape index (κ1) is 9.26. The van der Waals surface area contributed by atoms with Crippen molar-refractivity contribution in [2.24, 2.45) is 0 Å². The third-order valence-corrected chi connectivity index (χ3v) is 1.69. The number of carbonyl (C=O) groups excluding carboxylic acids is 1. The maximum Gasteiger partial charge on any atom is 0.162 e. The zero-order valence-electron chi connectivity index (χ0n) is 7.50. The number of allylic oxidation sites excluding steroid dienone is 1. The van der Waals surface area contributed by atoms with Crippen molar-refractivity contribution in [1.29, 1.82) is 0 Å². The van der Waals surface area contributed by atoms with E-state index in [-0.39, 0.29) is 11.9 Å². The second-order valence-corrected chi connectivity index (χ2v) is 2.59. The molecule has 0 N–H and O–H groups in total. The Kier molecular flexibility index (Phi) is 3.29. The molecule has 0 radical (unpaired) electrons. The molecule has 1 unspecified atom stereocenters. The lowest BCUT2D eigenvalue weighted by atomic mass is 10.3. The smallest absolute Gasteiger partial charge is 0.162 e. The normalized spacial score (nSPS) is 22.7. The number of ether oxygens (including phenoxy) is 2. The van der Waals surface area contributed by atoms with Gasteiger partial charge in [0.05, 0.1) is 6.61 Å². The van der Waals surface area contributed by atoms with Gasteiger partial charge in [-0.25, -0.2) is 0 Å². The van der Waals surface area contributed by atoms with E-state index in [1.165, 1.54) is 6.08 Å². The molecular weight excluding hydrogens is 156 g/mol. The van der Waals surface area contributed by atoms with Crippen molar-refractivity contribution >= 4 is 5.78 Å². The zero-order chi connectivity index (χ0) is 8.97. The average Bonchev–Trinajstić information content (AvgIpc) is 2.33. The van der Waals surface area contributed by atoms with Gasteiger partial charge in [-0.05, 0) is 13.8 Å². The van der Waals surface area contributed by atoms with Crippen LogP contribution in [0.4, 0.5) is 0 Å². The molecular formula is C9H14O3. The van der Waals surface area contributed by atoms with E-state index < -0.39 is 0 Å². The van der Waals surface area contributed by atoms with Crippen LogP contribution in [0, 0.1) is 0 Å². The summed E-state index contributed by atoms with van der Waals surface area (Å²) >= 11 is 0. The van der Waals surface area contributed by atoms with E-state index in [9.17, 15) is 4.79 Å². The predicted molar refractivity (Wildman–Crippen MR) is 44.7 cm³/mol. The number of carbonyl (C=O) groups is 1. The van der Waals surface area contributed by atoms with Crippen molar-refractivity contribution in [3.8, 4) is 0 Å². The lowest BCUT2D eigenvalue weighted by Crippen LogP contribution is -2.14. The molecule has 68 valence electrons. The fourth-order valence-electron chi connectivity index (χ4n) is 1.24. The van der Waals surface area contributed by atoms with Crippen LogP contribution in [0.1, 0.15) is 20.3 Å². The van der Waals surface area contributed by atoms with Crippen LogP contribution in [-0.4, -0.2) is 25.1 Å². The Labute approximate surface area is 72.4 Å². The fourth-order valence-corrected chi connectivity index (χ4v) is 1.24. The largest absolute Gasteiger partial charge is 0.495 e. The van der Waals surface area contributed by atoms with Crippen LogP contribution in [-0.2, 0) is 14.3 Å². The summed E-state index contributed by atoms with van der Waals surface area (Å²) in [5.41, 5.74) is 0. The monoisotopic (exact) mass is 170 g/mol. The molecule has 3 heteroatoms. The molecule has 0 heterocycles. The summed E-state index contributed by atoms with van der Waals surface area (Å²) in [6.07, 6.45) is 1.83. The van der Waals surface area contributed by atoms with Crippen LogP contribution in [0.25, 0.3) is 0 Å². The summed E-state index contributed by atoms with van der Waals surface area (Å²) in [4.78, 5) is 11.0. The molecule has 0 saturated heterocycles. The maximum atomic E-state index is 11.0. The molecule has 3 nitrogen and oxygen atoms in total. The van der Waals surface area contributed by atoms with E-state index >= 15 is 0 Å². The highest BCUT2D eigenvalue weighted by atomic mass is 16.5. The van der Waals surface area contributed by atoms with E-state index in [1.807, 2.05) is 13.8 Å². The van der Waals surface area contributed by atoms with E-state index in [1.54, 1.807) is 0 Å². The van der Waals surface area contributed by atoms with Gasteiger partial charge in [-0.1, -0.05) is 0 Å². The minimum atomic E-state index is -0.137. The van der Waals surface area contributed by atoms with Crippen LogP contribution in [0.5, 0.6) is 0 Å². The van der Waals surface area contributed by atoms with Crippen molar-refractivity contribution in [3.05, 3.63) is 11.8 Å². The third-order valence-electron chi connectivity index (χ3n) is 1.69. The van der Waals surface area contributed by atoms with Crippen LogP contribution >= 0.6 is 0 Å². The van der Waals surface area contributed by atoms with Crippen molar-refractivity contribution in [2.45, 2.75) is 26.4 Å². The highest BCUT2D eigenvalue weighted by Crippen LogP contribution is 2.20. The van der Waals surface area contributed by atoms with Gasteiger partial charge in [0, 0.05) is 19.1 Å². The predicted octanol–water partition coefficient (Wildman–Crippen LogP) is 1.28.